The normalized spacial score (nSPS) is 25.1. The highest BCUT2D eigenvalue weighted by atomic mass is 16.5. The molecule has 0 radical (unpaired) electrons. The minimum atomic E-state index is 0.0607. The van der Waals surface area contributed by atoms with Crippen LogP contribution >= 0.6 is 0 Å². The fraction of sp³-hybridized carbons (Fsp3) is 0.733. The van der Waals surface area contributed by atoms with Crippen LogP contribution in [0.5, 0.6) is 0 Å². The van der Waals surface area contributed by atoms with Gasteiger partial charge in [-0.1, -0.05) is 0 Å². The molecule has 0 amide bonds. The Balaban J connectivity index is 1.46. The largest absolute Gasteiger partial charge is 0.381 e. The molecule has 2 saturated heterocycles. The molecule has 0 spiro atoms. The molecule has 2 fully saturated rings. The molecule has 3 heterocycles. The van der Waals surface area contributed by atoms with E-state index in [4.69, 9.17) is 4.74 Å². The zero-order valence-corrected chi connectivity index (χ0v) is 11.9. The highest BCUT2D eigenvalue weighted by Gasteiger charge is 2.24. The van der Waals surface area contributed by atoms with Gasteiger partial charge in [-0.15, -0.1) is 0 Å². The van der Waals surface area contributed by atoms with Gasteiger partial charge in [0.25, 0.3) is 5.56 Å². The first-order chi connectivity index (χ1) is 9.81. The van der Waals surface area contributed by atoms with Crippen molar-refractivity contribution in [1.82, 2.24) is 14.5 Å². The number of hydrogen-bond donors (Lipinski definition) is 0. The Morgan fingerprint density at radius 3 is 2.75 bits per heavy atom. The predicted octanol–water partition coefficient (Wildman–Crippen LogP) is 0.992. The molecule has 1 unspecified atom stereocenters. The molecule has 0 aliphatic carbocycles. The van der Waals surface area contributed by atoms with Gasteiger partial charge < -0.3 is 9.64 Å². The summed E-state index contributed by atoms with van der Waals surface area (Å²) in [4.78, 5) is 18.3. The summed E-state index contributed by atoms with van der Waals surface area (Å²) < 4.78 is 7.18. The molecule has 1 atom stereocenters. The summed E-state index contributed by atoms with van der Waals surface area (Å²) in [6.45, 7) is 6.16. The van der Waals surface area contributed by atoms with Crippen LogP contribution in [0.3, 0.4) is 0 Å². The molecule has 5 heteroatoms. The third-order valence-electron chi connectivity index (χ3n) is 4.49. The van der Waals surface area contributed by atoms with Gasteiger partial charge in [0.15, 0.2) is 0 Å². The SMILES string of the molecule is O=c1ccncn1CC1CCN(CC2CCOC2)CC1. The summed E-state index contributed by atoms with van der Waals surface area (Å²) in [5.41, 5.74) is 0.0607. The average molecular weight is 277 g/mol. The van der Waals surface area contributed by atoms with E-state index < -0.39 is 0 Å². The van der Waals surface area contributed by atoms with Crippen molar-refractivity contribution in [3.63, 3.8) is 0 Å². The minimum Gasteiger partial charge on any atom is -0.381 e. The Morgan fingerprint density at radius 2 is 2.05 bits per heavy atom. The second-order valence-electron chi connectivity index (χ2n) is 6.04. The molecule has 1 aromatic heterocycles. The van der Waals surface area contributed by atoms with E-state index in [1.807, 2.05) is 0 Å². The van der Waals surface area contributed by atoms with Gasteiger partial charge in [-0.25, -0.2) is 4.98 Å². The van der Waals surface area contributed by atoms with Crippen LogP contribution in [0, 0.1) is 11.8 Å². The zero-order valence-electron chi connectivity index (χ0n) is 11.9. The maximum atomic E-state index is 11.7. The van der Waals surface area contributed by atoms with Crippen LogP contribution in [-0.2, 0) is 11.3 Å². The van der Waals surface area contributed by atoms with Crippen LogP contribution in [0.2, 0.25) is 0 Å². The van der Waals surface area contributed by atoms with Crippen LogP contribution in [0.25, 0.3) is 0 Å². The van der Waals surface area contributed by atoms with Crippen LogP contribution < -0.4 is 5.56 Å². The van der Waals surface area contributed by atoms with E-state index in [1.54, 1.807) is 17.1 Å². The first kappa shape index (κ1) is 13.8. The van der Waals surface area contributed by atoms with Gasteiger partial charge in [0.1, 0.15) is 0 Å². The first-order valence-corrected chi connectivity index (χ1v) is 7.62. The van der Waals surface area contributed by atoms with E-state index >= 15 is 0 Å². The molecule has 0 aromatic carbocycles. The number of rotatable bonds is 4. The number of ether oxygens (including phenoxy) is 1. The lowest BCUT2D eigenvalue weighted by Gasteiger charge is -2.33. The number of nitrogens with zero attached hydrogens (tertiary/aromatic N) is 3. The van der Waals surface area contributed by atoms with Gasteiger partial charge in [-0.05, 0) is 44.2 Å². The summed E-state index contributed by atoms with van der Waals surface area (Å²) in [5, 5.41) is 0. The Morgan fingerprint density at radius 1 is 1.20 bits per heavy atom. The van der Waals surface area contributed by atoms with E-state index in [0.29, 0.717) is 5.92 Å². The van der Waals surface area contributed by atoms with Crippen molar-refractivity contribution in [1.29, 1.82) is 0 Å². The van der Waals surface area contributed by atoms with Crippen LogP contribution in [0.15, 0.2) is 23.4 Å². The van der Waals surface area contributed by atoms with E-state index in [-0.39, 0.29) is 5.56 Å². The number of aromatic nitrogens is 2. The Kier molecular flexibility index (Phi) is 4.47. The summed E-state index contributed by atoms with van der Waals surface area (Å²) in [6, 6.07) is 1.54. The first-order valence-electron chi connectivity index (χ1n) is 7.62. The Bertz CT molecular complexity index is 474. The van der Waals surface area contributed by atoms with Crippen LogP contribution in [0.1, 0.15) is 19.3 Å². The average Bonchev–Trinajstić information content (AvgIpc) is 2.96. The molecule has 1 aromatic rings. The third kappa shape index (κ3) is 3.46. The fourth-order valence-electron chi connectivity index (χ4n) is 3.24. The lowest BCUT2D eigenvalue weighted by molar-refractivity contribution is 0.135. The summed E-state index contributed by atoms with van der Waals surface area (Å²) in [7, 11) is 0. The second kappa shape index (κ2) is 6.50. The van der Waals surface area contributed by atoms with E-state index in [9.17, 15) is 4.79 Å². The Labute approximate surface area is 119 Å². The molecular formula is C15H23N3O2. The highest BCUT2D eigenvalue weighted by molar-refractivity contribution is 4.84. The van der Waals surface area contributed by atoms with Crippen LogP contribution in [-0.4, -0.2) is 47.3 Å². The zero-order chi connectivity index (χ0) is 13.8. The number of likely N-dealkylation sites (tertiary alicyclic amines) is 1. The van der Waals surface area contributed by atoms with Gasteiger partial charge in [0, 0.05) is 32.0 Å². The second-order valence-corrected chi connectivity index (χ2v) is 6.04. The summed E-state index contributed by atoms with van der Waals surface area (Å²) in [6.07, 6.45) is 6.78. The summed E-state index contributed by atoms with van der Waals surface area (Å²) in [5.74, 6) is 1.33. The van der Waals surface area contributed by atoms with Gasteiger partial charge in [0.2, 0.25) is 0 Å². The Hall–Kier alpha value is -1.20. The molecule has 5 nitrogen and oxygen atoms in total. The topological polar surface area (TPSA) is 47.4 Å². The molecule has 3 rings (SSSR count). The molecule has 2 aliphatic heterocycles. The third-order valence-corrected chi connectivity index (χ3v) is 4.49. The molecule has 0 bridgehead atoms. The summed E-state index contributed by atoms with van der Waals surface area (Å²) >= 11 is 0. The number of piperidine rings is 1. The van der Waals surface area contributed by atoms with Crippen molar-refractivity contribution in [3.8, 4) is 0 Å². The maximum absolute atomic E-state index is 11.7. The van der Waals surface area contributed by atoms with Crippen molar-refractivity contribution in [2.45, 2.75) is 25.8 Å². The van der Waals surface area contributed by atoms with E-state index in [2.05, 4.69) is 9.88 Å². The van der Waals surface area contributed by atoms with Gasteiger partial charge in [-0.3, -0.25) is 9.36 Å². The van der Waals surface area contributed by atoms with Gasteiger partial charge in [0.05, 0.1) is 12.9 Å². The molecule has 110 valence electrons. The van der Waals surface area contributed by atoms with Crippen molar-refractivity contribution in [3.05, 3.63) is 28.9 Å². The maximum Gasteiger partial charge on any atom is 0.253 e. The minimum absolute atomic E-state index is 0.0607. The van der Waals surface area contributed by atoms with Crippen LogP contribution in [0.4, 0.5) is 0 Å². The standard InChI is InChI=1S/C15H23N3O2/c19-15-1-5-16-12-18(15)10-13-2-6-17(7-3-13)9-14-4-8-20-11-14/h1,5,12-14H,2-4,6-11H2. The highest BCUT2D eigenvalue weighted by Crippen LogP contribution is 2.21. The van der Waals surface area contributed by atoms with Crippen molar-refractivity contribution < 1.29 is 4.74 Å². The smallest absolute Gasteiger partial charge is 0.253 e. The van der Waals surface area contributed by atoms with E-state index in [1.165, 1.54) is 31.9 Å². The predicted molar refractivity (Wildman–Crippen MR) is 76.6 cm³/mol. The van der Waals surface area contributed by atoms with Crippen molar-refractivity contribution in [2.24, 2.45) is 11.8 Å². The fourth-order valence-corrected chi connectivity index (χ4v) is 3.24. The molecule has 20 heavy (non-hydrogen) atoms. The molecule has 2 aliphatic rings. The van der Waals surface area contributed by atoms with Crippen molar-refractivity contribution in [2.75, 3.05) is 32.8 Å². The van der Waals surface area contributed by atoms with Gasteiger partial charge in [-0.2, -0.15) is 0 Å². The van der Waals surface area contributed by atoms with E-state index in [0.717, 1.165) is 38.8 Å². The number of hydrogen-bond acceptors (Lipinski definition) is 4. The lowest BCUT2D eigenvalue weighted by atomic mass is 9.95. The molecule has 0 N–H and O–H groups in total. The molecular weight excluding hydrogens is 254 g/mol. The molecule has 0 saturated carbocycles. The lowest BCUT2D eigenvalue weighted by Crippen LogP contribution is -2.39. The monoisotopic (exact) mass is 277 g/mol. The van der Waals surface area contributed by atoms with Gasteiger partial charge >= 0.3 is 0 Å². The quantitative estimate of drug-likeness (QED) is 0.823. The van der Waals surface area contributed by atoms with Crippen molar-refractivity contribution >= 4 is 0 Å².